The molecule has 0 aliphatic rings. The topological polar surface area (TPSA) is 78.0 Å². The fraction of sp³-hybridized carbons (Fsp3) is 0.143. The molecule has 0 radical (unpaired) electrons. The number of nitrogens with zero attached hydrogens (tertiary/aromatic N) is 1. The Bertz CT molecular complexity index is 1500. The fourth-order valence-electron chi connectivity index (χ4n) is 3.89. The van der Waals surface area contributed by atoms with Crippen LogP contribution in [0.2, 0.25) is 0 Å². The monoisotopic (exact) mass is 485 g/mol. The lowest BCUT2D eigenvalue weighted by Gasteiger charge is -2.18. The first-order valence-electron chi connectivity index (χ1n) is 11.2. The van der Waals surface area contributed by atoms with E-state index in [-0.39, 0.29) is 12.4 Å². The second kappa shape index (κ2) is 9.00. The zero-order chi connectivity index (χ0) is 24.6. The molecule has 3 aromatic carbocycles. The lowest BCUT2D eigenvalue weighted by Crippen LogP contribution is -2.31. The molecule has 0 aliphatic heterocycles. The highest BCUT2D eigenvalue weighted by Gasteiger charge is 2.27. The Morgan fingerprint density at radius 3 is 2.34 bits per heavy atom. The summed E-state index contributed by atoms with van der Waals surface area (Å²) < 4.78 is 13.3. The highest BCUT2D eigenvalue weighted by atomic mass is 32.1. The van der Waals surface area contributed by atoms with Gasteiger partial charge in [-0.3, -0.25) is 4.79 Å². The molecule has 0 atom stereocenters. The molecule has 0 unspecified atom stereocenters. The molecule has 0 spiro atoms. The third-order valence-corrected chi connectivity index (χ3v) is 7.11. The lowest BCUT2D eigenvalue weighted by molar-refractivity contribution is -0.146. The summed E-state index contributed by atoms with van der Waals surface area (Å²) in [6, 6.07) is 22.6. The van der Waals surface area contributed by atoms with Gasteiger partial charge >= 0.3 is 5.97 Å². The standard InChI is InChI=1S/C28H24FN3O2S/c1-28(2,26(33)34)16-31-27-32-24(25(35-27)22-4-3-5-23-21(22)14-15-30-23)19-8-6-17(7-9-19)18-10-12-20(29)13-11-18/h3-15,30H,16H2,1-2H3,(H,31,32)(H,33,34). The van der Waals surface area contributed by atoms with Crippen molar-refractivity contribution in [2.75, 3.05) is 11.9 Å². The predicted octanol–water partition coefficient (Wildman–Crippen LogP) is 7.29. The quantitative estimate of drug-likeness (QED) is 0.226. The summed E-state index contributed by atoms with van der Waals surface area (Å²) in [5.74, 6) is -1.13. The van der Waals surface area contributed by atoms with Crippen molar-refractivity contribution in [3.63, 3.8) is 0 Å². The second-order valence-corrected chi connectivity index (χ2v) is 10.1. The van der Waals surface area contributed by atoms with E-state index in [9.17, 15) is 14.3 Å². The number of carboxylic acids is 1. The summed E-state index contributed by atoms with van der Waals surface area (Å²) in [4.78, 5) is 20.7. The number of fused-ring (bicyclic) bond motifs is 1. The van der Waals surface area contributed by atoms with Crippen molar-refractivity contribution in [3.8, 4) is 32.8 Å². The van der Waals surface area contributed by atoms with Gasteiger partial charge < -0.3 is 15.4 Å². The number of aliphatic carboxylic acids is 1. The van der Waals surface area contributed by atoms with Gasteiger partial charge in [0, 0.05) is 34.8 Å². The number of aromatic amines is 1. The van der Waals surface area contributed by atoms with Crippen molar-refractivity contribution in [3.05, 3.63) is 84.8 Å². The molecular formula is C28H24FN3O2S. The van der Waals surface area contributed by atoms with Crippen LogP contribution in [0.3, 0.4) is 0 Å². The van der Waals surface area contributed by atoms with E-state index in [1.807, 2.05) is 48.7 Å². The minimum Gasteiger partial charge on any atom is -0.481 e. The highest BCUT2D eigenvalue weighted by molar-refractivity contribution is 7.19. The molecule has 0 bridgehead atoms. The van der Waals surface area contributed by atoms with Crippen LogP contribution < -0.4 is 5.32 Å². The van der Waals surface area contributed by atoms with Crippen LogP contribution in [0.5, 0.6) is 0 Å². The SMILES string of the molecule is CC(C)(CNc1nc(-c2ccc(-c3ccc(F)cc3)cc2)c(-c2cccc3[nH]ccc23)s1)C(=O)O. The molecule has 0 saturated carbocycles. The van der Waals surface area contributed by atoms with Crippen molar-refractivity contribution in [1.82, 2.24) is 9.97 Å². The number of halogens is 1. The van der Waals surface area contributed by atoms with E-state index in [2.05, 4.69) is 16.4 Å². The van der Waals surface area contributed by atoms with Crippen LogP contribution in [0.4, 0.5) is 9.52 Å². The average molecular weight is 486 g/mol. The van der Waals surface area contributed by atoms with Gasteiger partial charge in [-0.15, -0.1) is 0 Å². The third kappa shape index (κ3) is 4.55. The average Bonchev–Trinajstić information content (AvgIpc) is 3.51. The lowest BCUT2D eigenvalue weighted by atomic mass is 9.94. The number of nitrogens with one attached hydrogen (secondary N) is 2. The maximum absolute atomic E-state index is 13.3. The van der Waals surface area contributed by atoms with Crippen molar-refractivity contribution in [2.45, 2.75) is 13.8 Å². The Hall–Kier alpha value is -3.97. The van der Waals surface area contributed by atoms with E-state index in [4.69, 9.17) is 4.98 Å². The Balaban J connectivity index is 1.56. The van der Waals surface area contributed by atoms with Crippen LogP contribution in [-0.2, 0) is 4.79 Å². The molecule has 0 amide bonds. The van der Waals surface area contributed by atoms with Gasteiger partial charge in [0.25, 0.3) is 0 Å². The number of aromatic nitrogens is 2. The molecule has 0 fully saturated rings. The van der Waals surface area contributed by atoms with E-state index in [0.29, 0.717) is 5.13 Å². The van der Waals surface area contributed by atoms with Gasteiger partial charge in [0.05, 0.1) is 16.0 Å². The summed E-state index contributed by atoms with van der Waals surface area (Å²) in [6.45, 7) is 3.63. The van der Waals surface area contributed by atoms with Crippen LogP contribution in [0.1, 0.15) is 13.8 Å². The Morgan fingerprint density at radius 2 is 1.66 bits per heavy atom. The van der Waals surface area contributed by atoms with E-state index in [1.54, 1.807) is 26.0 Å². The molecule has 176 valence electrons. The third-order valence-electron chi connectivity index (χ3n) is 6.06. The number of thiazole rings is 1. The van der Waals surface area contributed by atoms with Crippen molar-refractivity contribution in [2.24, 2.45) is 5.41 Å². The van der Waals surface area contributed by atoms with Gasteiger partial charge in [0.2, 0.25) is 0 Å². The molecule has 5 aromatic rings. The summed E-state index contributed by atoms with van der Waals surface area (Å²) in [5.41, 5.74) is 4.86. The van der Waals surface area contributed by atoms with Crippen LogP contribution in [-0.4, -0.2) is 27.6 Å². The van der Waals surface area contributed by atoms with Gasteiger partial charge in [-0.25, -0.2) is 9.37 Å². The van der Waals surface area contributed by atoms with Crippen LogP contribution in [0.15, 0.2) is 79.0 Å². The Morgan fingerprint density at radius 1 is 1.00 bits per heavy atom. The minimum absolute atomic E-state index is 0.257. The number of hydrogen-bond acceptors (Lipinski definition) is 4. The van der Waals surface area contributed by atoms with Gasteiger partial charge in [0.1, 0.15) is 5.82 Å². The zero-order valence-electron chi connectivity index (χ0n) is 19.3. The smallest absolute Gasteiger partial charge is 0.310 e. The van der Waals surface area contributed by atoms with Gasteiger partial charge in [0.15, 0.2) is 5.13 Å². The maximum Gasteiger partial charge on any atom is 0.310 e. The minimum atomic E-state index is -0.927. The van der Waals surface area contributed by atoms with E-state index in [0.717, 1.165) is 43.7 Å². The highest BCUT2D eigenvalue weighted by Crippen LogP contribution is 2.42. The van der Waals surface area contributed by atoms with Crippen molar-refractivity contribution < 1.29 is 14.3 Å². The summed E-state index contributed by atoms with van der Waals surface area (Å²) in [7, 11) is 0. The van der Waals surface area contributed by atoms with Crippen molar-refractivity contribution in [1.29, 1.82) is 0 Å². The Kier molecular flexibility index (Phi) is 5.86. The molecule has 2 aromatic heterocycles. The maximum atomic E-state index is 13.3. The first-order valence-corrected chi connectivity index (χ1v) is 12.0. The number of rotatable bonds is 7. The summed E-state index contributed by atoms with van der Waals surface area (Å²) >= 11 is 1.51. The second-order valence-electron chi connectivity index (χ2n) is 9.07. The van der Waals surface area contributed by atoms with E-state index >= 15 is 0 Å². The molecule has 3 N–H and O–H groups in total. The van der Waals surface area contributed by atoms with E-state index < -0.39 is 11.4 Å². The first kappa shape index (κ1) is 22.8. The number of anilines is 1. The number of hydrogen-bond donors (Lipinski definition) is 3. The number of H-pyrrole nitrogens is 1. The summed E-state index contributed by atoms with van der Waals surface area (Å²) in [5, 5.41) is 14.5. The van der Waals surface area contributed by atoms with Gasteiger partial charge in [-0.1, -0.05) is 59.9 Å². The van der Waals surface area contributed by atoms with E-state index in [1.165, 1.54) is 23.5 Å². The molecule has 0 saturated heterocycles. The molecular weight excluding hydrogens is 461 g/mol. The Labute approximate surface area is 206 Å². The predicted molar refractivity (Wildman–Crippen MR) is 140 cm³/mol. The molecule has 2 heterocycles. The fourth-order valence-corrected chi connectivity index (χ4v) is 4.92. The first-order chi connectivity index (χ1) is 16.8. The normalized spacial score (nSPS) is 11.6. The number of carboxylic acid groups (broad SMARTS) is 1. The van der Waals surface area contributed by atoms with Gasteiger partial charge in [-0.2, -0.15) is 0 Å². The molecule has 5 rings (SSSR count). The van der Waals surface area contributed by atoms with Gasteiger partial charge in [-0.05, 0) is 49.2 Å². The molecule has 0 aliphatic carbocycles. The summed E-state index contributed by atoms with van der Waals surface area (Å²) in [6.07, 6.45) is 1.92. The van der Waals surface area contributed by atoms with Crippen LogP contribution in [0, 0.1) is 11.2 Å². The van der Waals surface area contributed by atoms with Crippen LogP contribution in [0.25, 0.3) is 43.7 Å². The zero-order valence-corrected chi connectivity index (χ0v) is 20.1. The van der Waals surface area contributed by atoms with Crippen molar-refractivity contribution >= 4 is 33.3 Å². The molecule has 5 nitrogen and oxygen atoms in total. The molecule has 35 heavy (non-hydrogen) atoms. The van der Waals surface area contributed by atoms with Crippen LogP contribution >= 0.6 is 11.3 Å². The molecule has 7 heteroatoms. The number of benzene rings is 3. The largest absolute Gasteiger partial charge is 0.481 e. The number of carbonyl (C=O) groups is 1.